The molecule has 2 aromatic carbocycles. The van der Waals surface area contributed by atoms with Crippen LogP contribution in [0.2, 0.25) is 0 Å². The fraction of sp³-hybridized carbons (Fsp3) is 0.333. The minimum Gasteiger partial charge on any atom is -0.496 e. The normalized spacial score (nSPS) is 15.6. The predicted molar refractivity (Wildman–Crippen MR) is 124 cm³/mol. The monoisotopic (exact) mass is 450 g/mol. The first-order valence-electron chi connectivity index (χ1n) is 10.6. The molecule has 5 amide bonds. The van der Waals surface area contributed by atoms with Gasteiger partial charge in [-0.2, -0.15) is 0 Å². The third-order valence-electron chi connectivity index (χ3n) is 5.68. The van der Waals surface area contributed by atoms with Crippen LogP contribution in [0.25, 0.3) is 0 Å². The Morgan fingerprint density at radius 3 is 2.48 bits per heavy atom. The zero-order valence-corrected chi connectivity index (χ0v) is 19.0. The number of benzene rings is 2. The molecule has 9 heteroatoms. The van der Waals surface area contributed by atoms with E-state index in [4.69, 9.17) is 4.74 Å². The van der Waals surface area contributed by atoms with Crippen molar-refractivity contribution < 1.29 is 23.9 Å². The molecule has 9 nitrogen and oxygen atoms in total. The molecule has 172 valence electrons. The Bertz CT molecular complexity index is 1180. The van der Waals surface area contributed by atoms with Crippen LogP contribution in [0.5, 0.6) is 5.75 Å². The first kappa shape index (κ1) is 22.3. The summed E-state index contributed by atoms with van der Waals surface area (Å²) in [7, 11) is 1.50. The number of amides is 5. The van der Waals surface area contributed by atoms with Crippen molar-refractivity contribution in [1.29, 1.82) is 0 Å². The van der Waals surface area contributed by atoms with Crippen molar-refractivity contribution >= 4 is 40.8 Å². The molecule has 0 radical (unpaired) electrons. The van der Waals surface area contributed by atoms with E-state index in [0.717, 1.165) is 16.8 Å². The summed E-state index contributed by atoms with van der Waals surface area (Å²) in [5, 5.41) is 7.95. The van der Waals surface area contributed by atoms with Gasteiger partial charge in [-0.25, -0.2) is 4.79 Å². The van der Waals surface area contributed by atoms with Crippen molar-refractivity contribution in [1.82, 2.24) is 5.32 Å². The van der Waals surface area contributed by atoms with Crippen LogP contribution < -0.4 is 25.6 Å². The molecule has 0 aliphatic carbocycles. The summed E-state index contributed by atoms with van der Waals surface area (Å²) in [5.74, 6) is -0.417. The van der Waals surface area contributed by atoms with Gasteiger partial charge in [0.15, 0.2) is 0 Å². The third kappa shape index (κ3) is 4.39. The Kier molecular flexibility index (Phi) is 5.57. The number of methoxy groups -OCH3 is 1. The number of hydrogen-bond acceptors (Lipinski definition) is 5. The number of hydrogen-bond donors (Lipinski definition) is 3. The molecule has 0 unspecified atom stereocenters. The number of anilines is 3. The number of carbonyl (C=O) groups is 4. The molecular formula is C24H26N4O5. The third-order valence-corrected chi connectivity index (χ3v) is 5.68. The second kappa shape index (κ2) is 8.23. The largest absolute Gasteiger partial charge is 0.496 e. The highest BCUT2D eigenvalue weighted by atomic mass is 16.5. The average molecular weight is 450 g/mol. The van der Waals surface area contributed by atoms with Crippen molar-refractivity contribution in [2.24, 2.45) is 0 Å². The second-order valence-corrected chi connectivity index (χ2v) is 9.13. The lowest BCUT2D eigenvalue weighted by molar-refractivity contribution is -0.120. The summed E-state index contributed by atoms with van der Waals surface area (Å²) in [6, 6.07) is 8.11. The van der Waals surface area contributed by atoms with Gasteiger partial charge < -0.3 is 15.4 Å². The molecule has 3 N–H and O–H groups in total. The molecule has 2 heterocycles. The van der Waals surface area contributed by atoms with E-state index in [2.05, 4.69) is 16.0 Å². The molecular weight excluding hydrogens is 424 g/mol. The summed E-state index contributed by atoms with van der Waals surface area (Å²) < 4.78 is 5.65. The van der Waals surface area contributed by atoms with Crippen LogP contribution in [0.1, 0.15) is 48.7 Å². The maximum atomic E-state index is 13.4. The Labute approximate surface area is 191 Å². The quantitative estimate of drug-likeness (QED) is 0.661. The van der Waals surface area contributed by atoms with Crippen molar-refractivity contribution in [2.45, 2.75) is 39.0 Å². The van der Waals surface area contributed by atoms with Crippen molar-refractivity contribution in [3.05, 3.63) is 47.0 Å². The summed E-state index contributed by atoms with van der Waals surface area (Å²) in [5.41, 5.74) is 3.21. The standard InChI is InChI=1S/C24H26N4O5/c1-24(2,3)17-12-15(28-8-7-19(29)27-23(28)32)11-16(21(17)33-4)22(31)25-14-5-6-18-13(9-14)10-20(30)26-18/h5-6,9,11-12H,7-8,10H2,1-4H3,(H,25,31)(H,26,30)(H,27,29,32). The lowest BCUT2D eigenvalue weighted by Crippen LogP contribution is -2.49. The maximum absolute atomic E-state index is 13.4. The Morgan fingerprint density at radius 2 is 1.82 bits per heavy atom. The minimum atomic E-state index is -0.529. The van der Waals surface area contributed by atoms with Gasteiger partial charge in [0.05, 0.1) is 19.1 Å². The van der Waals surface area contributed by atoms with Gasteiger partial charge in [0.2, 0.25) is 11.8 Å². The number of nitrogens with one attached hydrogen (secondary N) is 3. The highest BCUT2D eigenvalue weighted by Crippen LogP contribution is 2.38. The maximum Gasteiger partial charge on any atom is 0.328 e. The molecule has 0 spiro atoms. The van der Waals surface area contributed by atoms with Gasteiger partial charge >= 0.3 is 6.03 Å². The van der Waals surface area contributed by atoms with E-state index < -0.39 is 17.4 Å². The zero-order valence-electron chi connectivity index (χ0n) is 19.0. The Morgan fingerprint density at radius 1 is 1.06 bits per heavy atom. The van der Waals surface area contributed by atoms with E-state index in [9.17, 15) is 19.2 Å². The summed E-state index contributed by atoms with van der Waals surface area (Å²) in [6.07, 6.45) is 0.431. The molecule has 2 aliphatic rings. The number of ether oxygens (including phenoxy) is 1. The van der Waals surface area contributed by atoms with Gasteiger partial charge in [0, 0.05) is 35.6 Å². The fourth-order valence-corrected chi connectivity index (χ4v) is 4.03. The number of urea groups is 1. The topological polar surface area (TPSA) is 117 Å². The van der Waals surface area contributed by atoms with Crippen LogP contribution in [0.3, 0.4) is 0 Å². The van der Waals surface area contributed by atoms with Crippen LogP contribution >= 0.6 is 0 Å². The molecule has 1 fully saturated rings. The number of rotatable bonds is 4. The molecule has 0 bridgehead atoms. The number of fused-ring (bicyclic) bond motifs is 1. The van der Waals surface area contributed by atoms with E-state index in [0.29, 0.717) is 17.1 Å². The molecule has 2 aromatic rings. The van der Waals surface area contributed by atoms with Gasteiger partial charge in [0.25, 0.3) is 5.91 Å². The lowest BCUT2D eigenvalue weighted by Gasteiger charge is -2.30. The molecule has 2 aliphatic heterocycles. The summed E-state index contributed by atoms with van der Waals surface area (Å²) in [4.78, 5) is 50.5. The van der Waals surface area contributed by atoms with E-state index >= 15 is 0 Å². The fourth-order valence-electron chi connectivity index (χ4n) is 4.03. The molecule has 4 rings (SSSR count). The van der Waals surface area contributed by atoms with Crippen LogP contribution in [-0.4, -0.2) is 37.4 Å². The first-order chi connectivity index (χ1) is 15.6. The Balaban J connectivity index is 1.73. The molecule has 0 atom stereocenters. The molecule has 0 aromatic heterocycles. The van der Waals surface area contributed by atoms with Gasteiger partial charge in [-0.3, -0.25) is 24.6 Å². The predicted octanol–water partition coefficient (Wildman–Crippen LogP) is 3.19. The highest BCUT2D eigenvalue weighted by molar-refractivity contribution is 6.10. The second-order valence-electron chi connectivity index (χ2n) is 9.13. The van der Waals surface area contributed by atoms with Gasteiger partial charge in [0.1, 0.15) is 5.75 Å². The van der Waals surface area contributed by atoms with E-state index in [1.165, 1.54) is 12.0 Å². The van der Waals surface area contributed by atoms with Crippen LogP contribution in [-0.2, 0) is 21.4 Å². The van der Waals surface area contributed by atoms with Crippen LogP contribution in [0.15, 0.2) is 30.3 Å². The van der Waals surface area contributed by atoms with Gasteiger partial charge in [-0.1, -0.05) is 20.8 Å². The molecule has 0 saturated carbocycles. The minimum absolute atomic E-state index is 0.0871. The number of imide groups is 1. The summed E-state index contributed by atoms with van der Waals surface area (Å²) in [6.45, 7) is 6.18. The average Bonchev–Trinajstić information content (AvgIpc) is 3.11. The first-order valence-corrected chi connectivity index (χ1v) is 10.6. The van der Waals surface area contributed by atoms with Gasteiger partial charge in [-0.05, 0) is 41.3 Å². The van der Waals surface area contributed by atoms with Crippen LogP contribution in [0.4, 0.5) is 21.9 Å². The van der Waals surface area contributed by atoms with Crippen molar-refractivity contribution in [2.75, 3.05) is 29.2 Å². The summed E-state index contributed by atoms with van der Waals surface area (Å²) >= 11 is 0. The number of carbonyl (C=O) groups excluding carboxylic acids is 4. The zero-order chi connectivity index (χ0) is 23.9. The van der Waals surface area contributed by atoms with Crippen LogP contribution in [0, 0.1) is 0 Å². The highest BCUT2D eigenvalue weighted by Gasteiger charge is 2.30. The van der Waals surface area contributed by atoms with Crippen molar-refractivity contribution in [3.8, 4) is 5.75 Å². The van der Waals surface area contributed by atoms with E-state index in [1.54, 1.807) is 24.3 Å². The smallest absolute Gasteiger partial charge is 0.328 e. The van der Waals surface area contributed by atoms with E-state index in [-0.39, 0.29) is 36.8 Å². The number of nitrogens with zero attached hydrogens (tertiary/aromatic N) is 1. The van der Waals surface area contributed by atoms with Gasteiger partial charge in [-0.15, -0.1) is 0 Å². The van der Waals surface area contributed by atoms with Crippen molar-refractivity contribution in [3.63, 3.8) is 0 Å². The lowest BCUT2D eigenvalue weighted by atomic mass is 9.84. The SMILES string of the molecule is COc1c(C(=O)Nc2ccc3c(c2)CC(=O)N3)cc(N2CCC(=O)NC2=O)cc1C(C)(C)C. The Hall–Kier alpha value is -3.88. The molecule has 1 saturated heterocycles. The molecule has 33 heavy (non-hydrogen) atoms. The van der Waals surface area contributed by atoms with E-state index in [1.807, 2.05) is 26.8 Å².